The molecule has 0 amide bonds. The van der Waals surface area contributed by atoms with Crippen molar-refractivity contribution in [1.82, 2.24) is 24.3 Å². The van der Waals surface area contributed by atoms with Gasteiger partial charge in [0.05, 0.1) is 26.4 Å². The van der Waals surface area contributed by atoms with Crippen molar-refractivity contribution in [3.8, 4) is 0 Å². The largest absolute Gasteiger partial charge is 0.490 e. The predicted octanol–water partition coefficient (Wildman–Crippen LogP) is 2.11. The smallest absolute Gasteiger partial charge is 0.387 e. The van der Waals surface area contributed by atoms with Crippen LogP contribution in [0.15, 0.2) is 130 Å². The Hall–Kier alpha value is -4.55. The van der Waals surface area contributed by atoms with Crippen molar-refractivity contribution in [2.45, 2.75) is 157 Å². The second-order valence-corrected chi connectivity index (χ2v) is 45.8. The highest BCUT2D eigenvalue weighted by Gasteiger charge is 2.64. The molecule has 0 spiro atoms. The molecule has 4 fully saturated rings. The number of phosphoric ester groups is 4. The highest BCUT2D eigenvalue weighted by molar-refractivity contribution is 7.68. The summed E-state index contributed by atoms with van der Waals surface area (Å²) in [5, 5.41) is 42.1. The number of aromatic nitrogens is 2. The van der Waals surface area contributed by atoms with E-state index in [9.17, 15) is 128 Å². The molecule has 24 atom stereocenters. The van der Waals surface area contributed by atoms with E-state index in [1.54, 1.807) is 20.8 Å². The zero-order valence-corrected chi connectivity index (χ0v) is 78.4. The number of rotatable bonds is 39. The Morgan fingerprint density at radius 3 is 1.18 bits per heavy atom. The van der Waals surface area contributed by atoms with Crippen LogP contribution in [0.4, 0.5) is 23.4 Å². The molecule has 0 aromatic carbocycles. The van der Waals surface area contributed by atoms with E-state index in [-0.39, 0.29) is 65.1 Å². The van der Waals surface area contributed by atoms with Gasteiger partial charge in [0.25, 0.3) is 0 Å². The van der Waals surface area contributed by atoms with Gasteiger partial charge in [-0.15, -0.1) is 0 Å². The minimum absolute atomic E-state index is 0.0164. The molecule has 131 heavy (non-hydrogen) atoms. The Morgan fingerprint density at radius 1 is 0.481 bits per heavy atom. The maximum Gasteiger partial charge on any atom is 0.490 e. The van der Waals surface area contributed by atoms with Crippen molar-refractivity contribution in [2.75, 3.05) is 32.2 Å². The van der Waals surface area contributed by atoms with E-state index in [1.807, 2.05) is 0 Å². The molecular formula is C54H92F4N12O49P12. The molecule has 61 nitrogen and oxygen atoms in total. The van der Waals surface area contributed by atoms with Crippen molar-refractivity contribution in [2.24, 2.45) is 44.0 Å². The summed E-state index contributed by atoms with van der Waals surface area (Å²) in [6.07, 6.45) is -11.1. The minimum Gasteiger partial charge on any atom is -0.387 e. The highest BCUT2D eigenvalue weighted by atomic mass is 31.3. The van der Waals surface area contributed by atoms with Crippen molar-refractivity contribution in [1.29, 1.82) is 0 Å². The van der Waals surface area contributed by atoms with Crippen molar-refractivity contribution < 1.29 is 243 Å². The standard InChI is InChI=1S/C14H25FN3O13P3.C14H23FN3O12P3.C13H23FN3O12P3.C13H21FN3O12P3/c1-8(2)3-5-14(7-28-33(24,25)31-34(26,27)30-32(21,22)23)11(19)10(15)12(29-14)18-6-4-9(16)17-13(18)20;1-3-4-6-14(8-27-32(23,24)30-33(25,26)29-31(20,21)22)12(19)11(15)13(28-14)18-7-5-10(16)17-9(18)2;2*1-7(2)13(6-26-31(22,23)29-32(24,25)28-30(19,20)21)11(18)10(14)12(27-13)17-5-4-9(15)16-8(17)3/h4,6,8,10-12,19H,3,5,7H2,1-2H3,(H,24,25)(H,26,27)(H2,16,17,20)(H2,21,22,23);4-7,11-13,19H,2-3,8H2,1H3,(H2,16,17)(H,23,24)(H,25,26)(H2,20,21,22);4-5,7,10-12,18H,3,6H2,1-2H3,(H2,15,16)(H,22,23)(H,24,25)(H2,19,20,21);4-5,10-12,18H,1,3,6H2,2H3,(H2,15,16)(H,22,23)(H,24,25)(H2,19,20,21)/b;6-4+;;/t10-,11+,12-,14-;11-,12+,13-,14-;2*10-,11+,12-,13+/m1111/s1. The number of allylic oxidation sites excluding steroid dienone is 1. The van der Waals surface area contributed by atoms with Crippen molar-refractivity contribution >= 4 is 117 Å². The van der Waals surface area contributed by atoms with Gasteiger partial charge in [0, 0.05) is 24.8 Å². The number of ether oxygens (including phenoxy) is 4. The Bertz CT molecular complexity index is 5290. The van der Waals surface area contributed by atoms with Gasteiger partial charge in [0.15, 0.2) is 49.6 Å². The lowest BCUT2D eigenvalue weighted by Gasteiger charge is -2.36. The monoisotopic (exact) mass is 2140 g/mol. The lowest BCUT2D eigenvalue weighted by molar-refractivity contribution is -0.155. The van der Waals surface area contributed by atoms with Gasteiger partial charge in [-0.05, 0) is 67.9 Å². The molecular weight excluding hydrogens is 2050 g/mol. The summed E-state index contributed by atoms with van der Waals surface area (Å²) in [5.41, 5.74) is 12.6. The fourth-order valence-electron chi connectivity index (χ4n) is 11.6. The van der Waals surface area contributed by atoms with Gasteiger partial charge in [-0.3, -0.25) is 22.7 Å². The third-order valence-electron chi connectivity index (χ3n) is 17.5. The summed E-state index contributed by atoms with van der Waals surface area (Å²) < 4.78 is 267. The first-order valence-corrected chi connectivity index (χ1v) is 53.5. The Labute approximate surface area is 735 Å². The molecule has 1 aromatic heterocycles. The summed E-state index contributed by atoms with van der Waals surface area (Å²) in [4.78, 5) is 175. The van der Waals surface area contributed by atoms with Gasteiger partial charge in [-0.25, -0.2) is 92.1 Å². The average Bonchev–Trinajstić information content (AvgIpc) is 1.61. The number of hydrogen-bond acceptors (Lipinski definition) is 44. The highest BCUT2D eigenvalue weighted by Crippen LogP contribution is 2.71. The summed E-state index contributed by atoms with van der Waals surface area (Å²) in [5.74, 6) is -0.808. The topological polar surface area (TPSA) is 943 Å². The summed E-state index contributed by atoms with van der Waals surface area (Å²) in [6, 6.07) is 1.17. The number of nitrogen functional groups attached to an aromatic ring is 1. The number of aliphatic hydroxyl groups excluding tert-OH is 4. The van der Waals surface area contributed by atoms with Crippen LogP contribution in [-0.4, -0.2) is 257 Å². The molecule has 28 N–H and O–H groups in total. The van der Waals surface area contributed by atoms with Gasteiger partial charge < -0.3 is 155 Å². The number of aliphatic hydroxyl groups is 4. The number of alkyl halides is 4. The van der Waals surface area contributed by atoms with Crippen molar-refractivity contribution in [3.05, 3.63) is 121 Å². The second kappa shape index (κ2) is 44.3. The lowest BCUT2D eigenvalue weighted by Crippen LogP contribution is -2.50. The molecule has 8 heterocycles. The average molecular weight is 2140 g/mol. The second-order valence-electron chi connectivity index (χ2n) is 28.2. The van der Waals surface area contributed by atoms with E-state index in [4.69, 9.17) is 81.0 Å². The molecule has 0 aliphatic carbocycles. The maximum absolute atomic E-state index is 15.0. The molecule has 8 unspecified atom stereocenters. The zero-order chi connectivity index (χ0) is 101. The van der Waals surface area contributed by atoms with Crippen LogP contribution < -0.4 is 28.6 Å². The van der Waals surface area contributed by atoms with Gasteiger partial charge in [0.1, 0.15) is 87.6 Å². The summed E-state index contributed by atoms with van der Waals surface area (Å²) in [6.45, 7) is 19.4. The third-order valence-corrected chi connectivity index (χ3v) is 32.6. The van der Waals surface area contributed by atoms with Gasteiger partial charge in [-0.1, -0.05) is 73.1 Å². The number of amidine groups is 3. The first kappa shape index (κ1) is 117. The van der Waals surface area contributed by atoms with E-state index >= 15 is 8.78 Å². The quantitative estimate of drug-likeness (QED) is 0.0255. The van der Waals surface area contributed by atoms with E-state index < -0.39 is 228 Å². The molecule has 7 aliphatic rings. The van der Waals surface area contributed by atoms with Crippen LogP contribution >= 0.6 is 93.9 Å². The SMILES string of the molecule is C=C1N=C(N)C=CN1[C@@H]1O[C@@](COP(=O)(O)OP(=O)(O)OP(=O)(O)O)(C(=C)C)[C@@H](O)[C@H]1F.C=C1N=C(N)C=CN1[C@@H]1O[C@@](COP(=O)(O)OP(=O)(O)OP(=O)(O)O)(C(C)C)[C@@H](O)[C@H]1F.C=C1N=C(N)C=CN1[C@@H]1O[C@](/C=C/CC)(COP(=O)(O)OP(=O)(O)OP(=O)(O)O)[C@@H](O)[C@H]1F.CC(C)CC[C@]1(COP(=O)(O)OP(=O)(O)OP(=O)(O)O)O[C@@H](n2ccc(N)nc2=O)[C@H](F)[C@@H]1O. The van der Waals surface area contributed by atoms with E-state index in [2.05, 4.69) is 98.9 Å². The number of hydrogen-bond donors (Lipinski definition) is 24. The van der Waals surface area contributed by atoms with E-state index in [0.717, 1.165) is 27.0 Å². The summed E-state index contributed by atoms with van der Waals surface area (Å²) >= 11 is 0. The summed E-state index contributed by atoms with van der Waals surface area (Å²) in [7, 11) is -67.7. The fourth-order valence-corrected chi connectivity index (χ4v) is 23.9. The first-order chi connectivity index (χ1) is 59.2. The Morgan fingerprint density at radius 2 is 0.824 bits per heavy atom. The third kappa shape index (κ3) is 33.6. The van der Waals surface area contributed by atoms with Gasteiger partial charge in [0.2, 0.25) is 0 Å². The molecule has 77 heteroatoms. The normalized spacial score (nSPS) is 31.5. The molecule has 1 aromatic rings. The molecule has 7 aliphatic heterocycles. The van der Waals surface area contributed by atoms with Crippen LogP contribution in [0.5, 0.6) is 0 Å². The van der Waals surface area contributed by atoms with Crippen LogP contribution in [0.3, 0.4) is 0 Å². The first-order valence-electron chi connectivity index (χ1n) is 35.5. The maximum atomic E-state index is 15.0. The lowest BCUT2D eigenvalue weighted by atomic mass is 9.85. The van der Waals surface area contributed by atoms with Crippen molar-refractivity contribution in [3.63, 3.8) is 0 Å². The molecule has 0 radical (unpaired) electrons. The van der Waals surface area contributed by atoms with Crippen LogP contribution in [0.1, 0.15) is 67.0 Å². The number of phosphoric acid groups is 12. The molecule has 0 saturated carbocycles. The fraction of sp³-hybridized carbons (Fsp3) is 0.574. The molecule has 4 saturated heterocycles. The van der Waals surface area contributed by atoms with E-state index in [1.165, 1.54) is 69.7 Å². The number of nitrogens with zero attached hydrogens (tertiary/aromatic N) is 8. The number of anilines is 1. The van der Waals surface area contributed by atoms with Gasteiger partial charge in [-0.2, -0.15) is 39.5 Å². The number of aliphatic imine (C=N–C) groups is 3. The zero-order valence-electron chi connectivity index (χ0n) is 67.7. The van der Waals surface area contributed by atoms with Crippen LogP contribution in [-0.2, 0) is 126 Å². The van der Waals surface area contributed by atoms with Gasteiger partial charge >= 0.3 is 99.6 Å². The Kier molecular flexibility index (Phi) is 39.5. The van der Waals surface area contributed by atoms with Crippen LogP contribution in [0.2, 0.25) is 0 Å². The number of nitrogens with two attached hydrogens (primary N) is 4. The van der Waals surface area contributed by atoms with Crippen LogP contribution in [0, 0.1) is 11.8 Å². The Balaban J connectivity index is 0.000000309. The predicted molar refractivity (Wildman–Crippen MR) is 430 cm³/mol. The van der Waals surface area contributed by atoms with Crippen LogP contribution in [0.25, 0.3) is 0 Å². The number of halogens is 4. The molecule has 8 rings (SSSR count). The van der Waals surface area contributed by atoms with E-state index in [0.29, 0.717) is 11.0 Å². The minimum atomic E-state index is -5.79. The molecule has 0 bridgehead atoms. The molecule has 750 valence electrons.